The van der Waals surface area contributed by atoms with Gasteiger partial charge in [-0.1, -0.05) is 17.8 Å². The molecule has 0 bridgehead atoms. The molecule has 6 heteroatoms. The van der Waals surface area contributed by atoms with E-state index >= 15 is 0 Å². The van der Waals surface area contributed by atoms with Crippen molar-refractivity contribution in [3.63, 3.8) is 0 Å². The first-order valence-electron chi connectivity index (χ1n) is 5.97. The fourth-order valence-corrected chi connectivity index (χ4v) is 2.52. The number of benzene rings is 2. The van der Waals surface area contributed by atoms with Gasteiger partial charge >= 0.3 is 11.9 Å². The Hall–Kier alpha value is -2.34. The number of halogens is 1. The highest BCUT2D eigenvalue weighted by atomic mass is 32.2. The van der Waals surface area contributed by atoms with Gasteiger partial charge in [0.25, 0.3) is 0 Å². The predicted octanol–water partition coefficient (Wildman–Crippen LogP) is 3.30. The zero-order chi connectivity index (χ0) is 15.4. The van der Waals surface area contributed by atoms with Gasteiger partial charge in [0.15, 0.2) is 0 Å². The molecule has 0 unspecified atom stereocenters. The van der Waals surface area contributed by atoms with Crippen molar-refractivity contribution in [1.82, 2.24) is 0 Å². The first-order valence-corrected chi connectivity index (χ1v) is 6.79. The van der Waals surface area contributed by atoms with Gasteiger partial charge in [0, 0.05) is 9.79 Å². The van der Waals surface area contributed by atoms with Crippen LogP contribution in [0.2, 0.25) is 0 Å². The van der Waals surface area contributed by atoms with Crippen LogP contribution in [0, 0.1) is 5.82 Å². The summed E-state index contributed by atoms with van der Waals surface area (Å²) in [6, 6.07) is 10.4. The Bertz CT molecular complexity index is 683. The monoisotopic (exact) mass is 306 g/mol. The first kappa shape index (κ1) is 15.1. The van der Waals surface area contributed by atoms with Crippen molar-refractivity contribution >= 4 is 23.7 Å². The van der Waals surface area contributed by atoms with Crippen LogP contribution in [0.3, 0.4) is 0 Å². The number of carboxylic acids is 2. The maximum Gasteiger partial charge on any atom is 0.335 e. The van der Waals surface area contributed by atoms with E-state index in [0.29, 0.717) is 15.4 Å². The number of rotatable bonds is 5. The molecular weight excluding hydrogens is 295 g/mol. The predicted molar refractivity (Wildman–Crippen MR) is 75.3 cm³/mol. The van der Waals surface area contributed by atoms with Crippen molar-refractivity contribution < 1.29 is 24.2 Å². The van der Waals surface area contributed by atoms with Crippen molar-refractivity contribution in [2.75, 3.05) is 0 Å². The van der Waals surface area contributed by atoms with Crippen LogP contribution in [0.1, 0.15) is 15.9 Å². The number of aromatic carboxylic acids is 1. The van der Waals surface area contributed by atoms with E-state index in [1.54, 1.807) is 18.2 Å². The fraction of sp³-hybridized carbons (Fsp3) is 0.0667. The molecule has 0 fully saturated rings. The quantitative estimate of drug-likeness (QED) is 0.886. The second kappa shape index (κ2) is 6.41. The van der Waals surface area contributed by atoms with Gasteiger partial charge in [-0.3, -0.25) is 4.79 Å². The molecule has 0 saturated heterocycles. The van der Waals surface area contributed by atoms with Gasteiger partial charge in [-0.25, -0.2) is 9.18 Å². The van der Waals surface area contributed by atoms with Crippen molar-refractivity contribution in [2.24, 2.45) is 0 Å². The molecule has 2 aromatic rings. The summed E-state index contributed by atoms with van der Waals surface area (Å²) in [5.74, 6) is -2.53. The molecule has 0 aromatic heterocycles. The maximum absolute atomic E-state index is 13.9. The van der Waals surface area contributed by atoms with E-state index in [9.17, 15) is 14.0 Å². The van der Waals surface area contributed by atoms with Gasteiger partial charge in [0.05, 0.1) is 12.0 Å². The molecule has 0 aliphatic heterocycles. The van der Waals surface area contributed by atoms with E-state index in [0.717, 1.165) is 11.8 Å². The zero-order valence-corrected chi connectivity index (χ0v) is 11.6. The Labute approximate surface area is 124 Å². The van der Waals surface area contributed by atoms with Gasteiger partial charge in [0.2, 0.25) is 0 Å². The first-order chi connectivity index (χ1) is 9.95. The van der Waals surface area contributed by atoms with Crippen molar-refractivity contribution in [1.29, 1.82) is 0 Å². The summed E-state index contributed by atoms with van der Waals surface area (Å²) in [4.78, 5) is 22.4. The van der Waals surface area contributed by atoms with Crippen LogP contribution >= 0.6 is 11.8 Å². The molecular formula is C15H11FO4S. The summed E-state index contributed by atoms with van der Waals surface area (Å²) in [6.45, 7) is 0. The van der Waals surface area contributed by atoms with E-state index in [-0.39, 0.29) is 12.0 Å². The van der Waals surface area contributed by atoms with Crippen molar-refractivity contribution in [3.8, 4) is 0 Å². The Kier molecular flexibility index (Phi) is 4.59. The van der Waals surface area contributed by atoms with Crippen molar-refractivity contribution in [2.45, 2.75) is 16.2 Å². The molecule has 2 N–H and O–H groups in total. The highest BCUT2D eigenvalue weighted by molar-refractivity contribution is 7.99. The molecule has 0 saturated carbocycles. The number of aliphatic carboxylic acids is 1. The Morgan fingerprint density at radius 3 is 2.24 bits per heavy atom. The second-order valence-electron chi connectivity index (χ2n) is 4.27. The van der Waals surface area contributed by atoms with Gasteiger partial charge < -0.3 is 10.2 Å². The molecule has 0 spiro atoms. The van der Waals surface area contributed by atoms with E-state index in [4.69, 9.17) is 10.2 Å². The molecule has 0 radical (unpaired) electrons. The summed E-state index contributed by atoms with van der Waals surface area (Å²) in [5, 5.41) is 17.5. The smallest absolute Gasteiger partial charge is 0.335 e. The van der Waals surface area contributed by atoms with Crippen LogP contribution in [-0.2, 0) is 11.2 Å². The van der Waals surface area contributed by atoms with Crippen LogP contribution < -0.4 is 0 Å². The highest BCUT2D eigenvalue weighted by Gasteiger charge is 2.09. The summed E-state index contributed by atoms with van der Waals surface area (Å²) >= 11 is 1.15. The number of carbonyl (C=O) groups is 2. The van der Waals surface area contributed by atoms with Crippen LogP contribution in [0.15, 0.2) is 52.3 Å². The number of carboxylic acid groups (broad SMARTS) is 2. The molecule has 0 aliphatic carbocycles. The summed E-state index contributed by atoms with van der Waals surface area (Å²) in [6.07, 6.45) is -0.227. The molecule has 0 aliphatic rings. The molecule has 0 atom stereocenters. The van der Waals surface area contributed by atoms with Crippen LogP contribution in [0.5, 0.6) is 0 Å². The Balaban J connectivity index is 2.15. The summed E-state index contributed by atoms with van der Waals surface area (Å²) in [5.41, 5.74) is 0.558. The van der Waals surface area contributed by atoms with Gasteiger partial charge in [0.1, 0.15) is 5.82 Å². The summed E-state index contributed by atoms with van der Waals surface area (Å²) < 4.78 is 13.9. The molecule has 2 rings (SSSR count). The third kappa shape index (κ3) is 4.06. The van der Waals surface area contributed by atoms with Crippen LogP contribution in [-0.4, -0.2) is 22.2 Å². The maximum atomic E-state index is 13.9. The highest BCUT2D eigenvalue weighted by Crippen LogP contribution is 2.30. The molecule has 2 aromatic carbocycles. The van der Waals surface area contributed by atoms with E-state index < -0.39 is 17.8 Å². The topological polar surface area (TPSA) is 74.6 Å². The normalized spacial score (nSPS) is 10.3. The minimum Gasteiger partial charge on any atom is -0.481 e. The van der Waals surface area contributed by atoms with E-state index in [1.165, 1.54) is 24.3 Å². The second-order valence-corrected chi connectivity index (χ2v) is 5.38. The fourth-order valence-electron chi connectivity index (χ4n) is 1.70. The van der Waals surface area contributed by atoms with Crippen LogP contribution in [0.4, 0.5) is 4.39 Å². The molecule has 21 heavy (non-hydrogen) atoms. The largest absolute Gasteiger partial charge is 0.481 e. The number of hydrogen-bond donors (Lipinski definition) is 2. The molecule has 108 valence electrons. The standard InChI is InChI=1S/C15H11FO4S/c16-12-7-9(8-14(17)18)1-6-13(12)21-11-4-2-10(3-5-11)15(19)20/h1-7H,8H2,(H,17,18)(H,19,20). The lowest BCUT2D eigenvalue weighted by atomic mass is 10.1. The molecule has 4 nitrogen and oxygen atoms in total. The van der Waals surface area contributed by atoms with Gasteiger partial charge in [-0.05, 0) is 42.0 Å². The summed E-state index contributed by atoms with van der Waals surface area (Å²) in [7, 11) is 0. The van der Waals surface area contributed by atoms with E-state index in [1.807, 2.05) is 0 Å². The van der Waals surface area contributed by atoms with E-state index in [2.05, 4.69) is 0 Å². The van der Waals surface area contributed by atoms with Crippen LogP contribution in [0.25, 0.3) is 0 Å². The van der Waals surface area contributed by atoms with Gasteiger partial charge in [-0.15, -0.1) is 0 Å². The zero-order valence-electron chi connectivity index (χ0n) is 10.7. The average Bonchev–Trinajstić information content (AvgIpc) is 2.42. The third-order valence-electron chi connectivity index (χ3n) is 2.68. The molecule has 0 heterocycles. The average molecular weight is 306 g/mol. The minimum absolute atomic E-state index is 0.164. The lowest BCUT2D eigenvalue weighted by Crippen LogP contribution is -2.00. The third-order valence-corrected chi connectivity index (χ3v) is 3.74. The SMILES string of the molecule is O=C(O)Cc1ccc(Sc2ccc(C(=O)O)cc2)c(F)c1. The Morgan fingerprint density at radius 2 is 1.71 bits per heavy atom. The number of hydrogen-bond acceptors (Lipinski definition) is 3. The Morgan fingerprint density at radius 1 is 1.05 bits per heavy atom. The minimum atomic E-state index is -1.02. The molecule has 0 amide bonds. The van der Waals surface area contributed by atoms with Gasteiger partial charge in [-0.2, -0.15) is 0 Å². The van der Waals surface area contributed by atoms with Crippen molar-refractivity contribution in [3.05, 3.63) is 59.4 Å². The lowest BCUT2D eigenvalue weighted by molar-refractivity contribution is -0.136. The lowest BCUT2D eigenvalue weighted by Gasteiger charge is -2.05.